The summed E-state index contributed by atoms with van der Waals surface area (Å²) in [6, 6.07) is 11.6. The van der Waals surface area contributed by atoms with Crippen molar-refractivity contribution in [2.24, 2.45) is 0 Å². The number of benzene rings is 2. The molecule has 0 unspecified atom stereocenters. The average molecular weight is 429 g/mol. The minimum atomic E-state index is -5.07. The molecule has 0 N–H and O–H groups in total. The van der Waals surface area contributed by atoms with Crippen molar-refractivity contribution in [2.75, 3.05) is 6.26 Å². The normalized spacial score (nSPS) is 12.2. The molecule has 0 aliphatic carbocycles. The summed E-state index contributed by atoms with van der Waals surface area (Å²) in [5.74, 6) is -1.99. The van der Waals surface area contributed by atoms with Crippen LogP contribution in [0.1, 0.15) is 10.5 Å². The Morgan fingerprint density at radius 1 is 1.04 bits per heavy atom. The predicted octanol–water partition coefficient (Wildman–Crippen LogP) is 4.34. The first-order valence-electron chi connectivity index (χ1n) is 7.74. The Morgan fingerprint density at radius 3 is 2.11 bits per heavy atom. The molecule has 5 nitrogen and oxygen atoms in total. The Bertz CT molecular complexity index is 1140. The molecule has 0 saturated heterocycles. The lowest BCUT2D eigenvalue weighted by Gasteiger charge is -2.09. The van der Waals surface area contributed by atoms with E-state index in [-0.39, 0.29) is 10.7 Å². The average Bonchev–Trinajstić information content (AvgIpc) is 3.05. The second-order valence-electron chi connectivity index (χ2n) is 5.92. The molecule has 0 radical (unpaired) electrons. The van der Waals surface area contributed by atoms with Gasteiger partial charge >= 0.3 is 6.18 Å². The molecule has 0 saturated carbocycles. The lowest BCUT2D eigenvalue weighted by atomic mass is 10.2. The van der Waals surface area contributed by atoms with Crippen LogP contribution in [0.5, 0.6) is 0 Å². The lowest BCUT2D eigenvalue weighted by molar-refractivity contribution is -0.0888. The number of halogens is 4. The molecule has 1 heterocycles. The smallest absolute Gasteiger partial charge is 0.299 e. The number of ketones is 1. The van der Waals surface area contributed by atoms with E-state index in [4.69, 9.17) is 11.6 Å². The van der Waals surface area contributed by atoms with Crippen molar-refractivity contribution in [3.05, 3.63) is 65.4 Å². The lowest BCUT2D eigenvalue weighted by Crippen LogP contribution is -2.23. The molecule has 10 heteroatoms. The van der Waals surface area contributed by atoms with Crippen LogP contribution in [-0.4, -0.2) is 36.2 Å². The molecule has 0 amide bonds. The van der Waals surface area contributed by atoms with Gasteiger partial charge < -0.3 is 0 Å². The van der Waals surface area contributed by atoms with Crippen LogP contribution in [0.25, 0.3) is 17.1 Å². The van der Waals surface area contributed by atoms with Crippen LogP contribution >= 0.6 is 11.6 Å². The van der Waals surface area contributed by atoms with Gasteiger partial charge in [0.1, 0.15) is 11.5 Å². The summed E-state index contributed by atoms with van der Waals surface area (Å²) in [5, 5.41) is 0.422. The molecular weight excluding hydrogens is 417 g/mol. The second kappa shape index (κ2) is 7.06. The quantitative estimate of drug-likeness (QED) is 0.580. The van der Waals surface area contributed by atoms with E-state index in [9.17, 15) is 26.4 Å². The summed E-state index contributed by atoms with van der Waals surface area (Å²) in [5.41, 5.74) is -0.00599. The highest BCUT2D eigenvalue weighted by molar-refractivity contribution is 7.90. The Labute approximate surface area is 163 Å². The third-order valence-electron chi connectivity index (χ3n) is 3.84. The van der Waals surface area contributed by atoms with E-state index < -0.39 is 27.5 Å². The molecule has 3 aromatic rings. The van der Waals surface area contributed by atoms with Crippen molar-refractivity contribution < 1.29 is 26.4 Å². The fourth-order valence-corrected chi connectivity index (χ4v) is 3.24. The van der Waals surface area contributed by atoms with Crippen LogP contribution in [0, 0.1) is 0 Å². The summed E-state index contributed by atoms with van der Waals surface area (Å²) < 4.78 is 63.0. The van der Waals surface area contributed by atoms with Crippen molar-refractivity contribution >= 4 is 27.2 Å². The number of hydrogen-bond acceptors (Lipinski definition) is 4. The molecule has 0 bridgehead atoms. The first kappa shape index (κ1) is 20.1. The van der Waals surface area contributed by atoms with Crippen molar-refractivity contribution in [2.45, 2.75) is 11.1 Å². The van der Waals surface area contributed by atoms with Crippen molar-refractivity contribution in [1.29, 1.82) is 0 Å². The molecule has 28 heavy (non-hydrogen) atoms. The number of rotatable bonds is 4. The number of imidazole rings is 1. The van der Waals surface area contributed by atoms with Crippen LogP contribution in [0.15, 0.2) is 59.6 Å². The van der Waals surface area contributed by atoms with Crippen LogP contribution in [0.2, 0.25) is 5.02 Å². The van der Waals surface area contributed by atoms with Crippen LogP contribution in [-0.2, 0) is 9.84 Å². The maximum absolute atomic E-state index is 12.8. The highest BCUT2D eigenvalue weighted by Crippen LogP contribution is 2.28. The zero-order valence-corrected chi connectivity index (χ0v) is 15.8. The van der Waals surface area contributed by atoms with Crippen LogP contribution in [0.4, 0.5) is 13.2 Å². The highest BCUT2D eigenvalue weighted by Gasteiger charge is 2.41. The number of alkyl halides is 3. The number of carbonyl (C=O) groups excluding carboxylic acids is 1. The van der Waals surface area contributed by atoms with Crippen LogP contribution < -0.4 is 0 Å². The van der Waals surface area contributed by atoms with Gasteiger partial charge in [-0.2, -0.15) is 13.2 Å². The van der Waals surface area contributed by atoms with Crippen LogP contribution in [0.3, 0.4) is 0 Å². The van der Waals surface area contributed by atoms with Gasteiger partial charge in [-0.05, 0) is 48.5 Å². The molecule has 146 valence electrons. The second-order valence-corrected chi connectivity index (χ2v) is 8.37. The van der Waals surface area contributed by atoms with E-state index in [1.165, 1.54) is 41.0 Å². The highest BCUT2D eigenvalue weighted by atomic mass is 35.5. The third kappa shape index (κ3) is 4.10. The monoisotopic (exact) mass is 428 g/mol. The number of hydrogen-bond donors (Lipinski definition) is 0. The van der Waals surface area contributed by atoms with E-state index in [1.54, 1.807) is 12.1 Å². The van der Waals surface area contributed by atoms with Gasteiger partial charge in [-0.3, -0.25) is 9.36 Å². The summed E-state index contributed by atoms with van der Waals surface area (Å²) in [6.07, 6.45) is -3.07. The fraction of sp³-hybridized carbons (Fsp3) is 0.111. The van der Waals surface area contributed by atoms with Crippen molar-refractivity contribution in [3.8, 4) is 17.1 Å². The van der Waals surface area contributed by atoms with E-state index in [2.05, 4.69) is 4.98 Å². The Morgan fingerprint density at radius 2 is 1.61 bits per heavy atom. The van der Waals surface area contributed by atoms with Gasteiger partial charge in [0, 0.05) is 28.7 Å². The predicted molar refractivity (Wildman–Crippen MR) is 97.5 cm³/mol. The fourth-order valence-electron chi connectivity index (χ4n) is 2.49. The Balaban J connectivity index is 2.17. The summed E-state index contributed by atoms with van der Waals surface area (Å²) in [6.45, 7) is 0. The minimum absolute atomic E-state index is 0.0519. The van der Waals surface area contributed by atoms with Gasteiger partial charge in [0.25, 0.3) is 5.78 Å². The maximum Gasteiger partial charge on any atom is 0.456 e. The molecule has 2 aromatic carbocycles. The molecule has 0 atom stereocenters. The van der Waals surface area contributed by atoms with Gasteiger partial charge in [-0.1, -0.05) is 11.6 Å². The first-order valence-corrected chi connectivity index (χ1v) is 10.0. The molecule has 0 fully saturated rings. The number of sulfone groups is 1. The molecule has 1 aromatic heterocycles. The topological polar surface area (TPSA) is 69.0 Å². The molecule has 0 aliphatic rings. The number of aromatic nitrogens is 2. The van der Waals surface area contributed by atoms with Gasteiger partial charge in [-0.15, -0.1) is 0 Å². The van der Waals surface area contributed by atoms with Gasteiger partial charge in [0.2, 0.25) is 0 Å². The zero-order valence-electron chi connectivity index (χ0n) is 14.2. The van der Waals surface area contributed by atoms with Gasteiger partial charge in [-0.25, -0.2) is 13.4 Å². The molecule has 0 spiro atoms. The van der Waals surface area contributed by atoms with E-state index in [1.807, 2.05) is 0 Å². The first-order chi connectivity index (χ1) is 13.0. The Hall–Kier alpha value is -2.65. The minimum Gasteiger partial charge on any atom is -0.299 e. The van der Waals surface area contributed by atoms with Crippen molar-refractivity contribution in [3.63, 3.8) is 0 Å². The van der Waals surface area contributed by atoms with Gasteiger partial charge in [0.05, 0.1) is 4.90 Å². The summed E-state index contributed by atoms with van der Waals surface area (Å²) >= 11 is 5.84. The van der Waals surface area contributed by atoms with E-state index in [0.717, 1.165) is 12.5 Å². The third-order valence-corrected chi connectivity index (χ3v) is 5.22. The molecule has 0 aliphatic heterocycles. The number of carbonyl (C=O) groups is 1. The molecular formula is C18H12ClF3N2O3S. The SMILES string of the molecule is CS(=O)(=O)c1ccc(-n2cc(C(=O)C(F)(F)F)nc2-c2ccc(Cl)cc2)cc1. The zero-order chi connectivity index (χ0) is 20.7. The number of Topliss-reactive ketones (excluding diaryl/α,β-unsaturated/α-hetero) is 1. The number of nitrogens with zero attached hydrogens (tertiary/aromatic N) is 2. The Kier molecular flexibility index (Phi) is 5.07. The maximum atomic E-state index is 12.8. The standard InChI is InChI=1S/C18H12ClF3N2O3S/c1-28(26,27)14-8-6-13(7-9-14)24-10-15(16(25)18(20,21)22)23-17(24)11-2-4-12(19)5-3-11/h2-10H,1H3. The largest absolute Gasteiger partial charge is 0.456 e. The molecule has 3 rings (SSSR count). The van der Waals surface area contributed by atoms with E-state index in [0.29, 0.717) is 16.3 Å². The summed E-state index contributed by atoms with van der Waals surface area (Å²) in [7, 11) is -3.44. The summed E-state index contributed by atoms with van der Waals surface area (Å²) in [4.78, 5) is 15.5. The van der Waals surface area contributed by atoms with E-state index >= 15 is 0 Å². The van der Waals surface area contributed by atoms with Crippen molar-refractivity contribution in [1.82, 2.24) is 9.55 Å². The van der Waals surface area contributed by atoms with Gasteiger partial charge in [0.15, 0.2) is 9.84 Å².